The van der Waals surface area contributed by atoms with Crippen LogP contribution in [0.5, 0.6) is 11.5 Å². The number of aliphatic imine (C=N–C) groups is 1. The van der Waals surface area contributed by atoms with Gasteiger partial charge in [0.1, 0.15) is 6.33 Å². The Bertz CT molecular complexity index is 658. The molecule has 1 aromatic carbocycles. The van der Waals surface area contributed by atoms with E-state index in [2.05, 4.69) is 25.8 Å². The summed E-state index contributed by atoms with van der Waals surface area (Å²) in [7, 11) is 6.80. The topological polar surface area (TPSA) is 85.6 Å². The van der Waals surface area contributed by atoms with Crippen LogP contribution < -0.4 is 20.1 Å². The minimum absolute atomic E-state index is 0. The molecule has 0 aliphatic heterocycles. The molecule has 0 unspecified atom stereocenters. The van der Waals surface area contributed by atoms with Gasteiger partial charge in [0.2, 0.25) is 0 Å². The lowest BCUT2D eigenvalue weighted by Crippen LogP contribution is -2.31. The van der Waals surface area contributed by atoms with E-state index in [4.69, 9.17) is 9.47 Å². The number of benzene rings is 1. The first-order valence-electron chi connectivity index (χ1n) is 6.70. The van der Waals surface area contributed by atoms with E-state index in [0.717, 1.165) is 11.5 Å². The van der Waals surface area contributed by atoms with Crippen LogP contribution in [-0.4, -0.2) is 42.0 Å². The zero-order chi connectivity index (χ0) is 15.9. The first kappa shape index (κ1) is 19.0. The molecule has 0 fully saturated rings. The Balaban J connectivity index is 0.00000264. The Labute approximate surface area is 152 Å². The van der Waals surface area contributed by atoms with Gasteiger partial charge < -0.3 is 24.7 Å². The van der Waals surface area contributed by atoms with Crippen molar-refractivity contribution in [1.29, 1.82) is 0 Å². The van der Waals surface area contributed by atoms with Crippen molar-refractivity contribution in [3.63, 3.8) is 0 Å². The van der Waals surface area contributed by atoms with Gasteiger partial charge in [-0.1, -0.05) is 0 Å². The molecule has 8 nitrogen and oxygen atoms in total. The summed E-state index contributed by atoms with van der Waals surface area (Å²) in [6.07, 6.45) is 1.65. The lowest BCUT2D eigenvalue weighted by atomic mass is 10.3. The molecule has 1 aromatic heterocycles. The predicted molar refractivity (Wildman–Crippen MR) is 99.8 cm³/mol. The average Bonchev–Trinajstić information content (AvgIpc) is 2.96. The van der Waals surface area contributed by atoms with Crippen molar-refractivity contribution in [2.75, 3.05) is 26.6 Å². The summed E-state index contributed by atoms with van der Waals surface area (Å²) >= 11 is 0. The molecule has 0 bridgehead atoms. The van der Waals surface area contributed by atoms with Crippen LogP contribution in [-0.2, 0) is 13.6 Å². The number of guanidine groups is 1. The molecule has 0 amide bonds. The van der Waals surface area contributed by atoms with Crippen molar-refractivity contribution in [2.24, 2.45) is 12.0 Å². The predicted octanol–water partition coefficient (Wildman–Crippen LogP) is 1.64. The van der Waals surface area contributed by atoms with Crippen LogP contribution in [0.1, 0.15) is 5.82 Å². The standard InChI is InChI=1S/C14H20N6O2.HI/c1-15-14(16-8-13-19-17-9-20(13)2)18-10-5-6-11(21-3)12(7-10)22-4;/h5-7,9H,8H2,1-4H3,(H2,15,16,18);1H. The van der Waals surface area contributed by atoms with Crippen molar-refractivity contribution in [3.05, 3.63) is 30.4 Å². The Morgan fingerprint density at radius 3 is 2.57 bits per heavy atom. The number of hydrogen-bond acceptors (Lipinski definition) is 5. The molecule has 23 heavy (non-hydrogen) atoms. The van der Waals surface area contributed by atoms with Crippen molar-refractivity contribution in [2.45, 2.75) is 6.54 Å². The van der Waals surface area contributed by atoms with Gasteiger partial charge in [-0.3, -0.25) is 4.99 Å². The summed E-state index contributed by atoms with van der Waals surface area (Å²) in [5.41, 5.74) is 0.837. The number of hydrogen-bond donors (Lipinski definition) is 2. The molecule has 0 radical (unpaired) electrons. The molecule has 0 atom stereocenters. The molecule has 2 rings (SSSR count). The first-order chi connectivity index (χ1) is 10.7. The summed E-state index contributed by atoms with van der Waals surface area (Å²) < 4.78 is 12.3. The zero-order valence-electron chi connectivity index (χ0n) is 13.5. The maximum absolute atomic E-state index is 5.28. The summed E-state index contributed by atoms with van der Waals surface area (Å²) in [5.74, 6) is 2.76. The molecule has 0 spiro atoms. The van der Waals surface area contributed by atoms with Crippen molar-refractivity contribution >= 4 is 35.6 Å². The Kier molecular flexibility index (Phi) is 7.59. The second-order valence-corrected chi connectivity index (χ2v) is 4.48. The van der Waals surface area contributed by atoms with E-state index < -0.39 is 0 Å². The summed E-state index contributed by atoms with van der Waals surface area (Å²) in [5, 5.41) is 14.2. The van der Waals surface area contributed by atoms with Gasteiger partial charge in [-0.05, 0) is 12.1 Å². The van der Waals surface area contributed by atoms with E-state index in [1.54, 1.807) is 27.6 Å². The Morgan fingerprint density at radius 2 is 2.00 bits per heavy atom. The van der Waals surface area contributed by atoms with Gasteiger partial charge in [0, 0.05) is 25.8 Å². The highest BCUT2D eigenvalue weighted by atomic mass is 127. The molecule has 0 saturated heterocycles. The molecule has 0 saturated carbocycles. The highest BCUT2D eigenvalue weighted by Crippen LogP contribution is 2.29. The van der Waals surface area contributed by atoms with Crippen LogP contribution >= 0.6 is 24.0 Å². The minimum Gasteiger partial charge on any atom is -0.493 e. The van der Waals surface area contributed by atoms with Gasteiger partial charge >= 0.3 is 0 Å². The highest BCUT2D eigenvalue weighted by molar-refractivity contribution is 14.0. The third-order valence-electron chi connectivity index (χ3n) is 3.09. The molecule has 9 heteroatoms. The number of aromatic nitrogens is 3. The van der Waals surface area contributed by atoms with E-state index in [0.29, 0.717) is 24.0 Å². The minimum atomic E-state index is 0. The number of ether oxygens (including phenoxy) is 2. The van der Waals surface area contributed by atoms with Gasteiger partial charge in [0.15, 0.2) is 23.3 Å². The number of halogens is 1. The normalized spacial score (nSPS) is 10.7. The number of aryl methyl sites for hydroxylation is 1. The fourth-order valence-corrected chi connectivity index (χ4v) is 1.86. The Morgan fingerprint density at radius 1 is 1.26 bits per heavy atom. The molecule has 1 heterocycles. The molecule has 126 valence electrons. The number of rotatable bonds is 5. The number of nitrogens with zero attached hydrogens (tertiary/aromatic N) is 4. The van der Waals surface area contributed by atoms with Gasteiger partial charge in [-0.2, -0.15) is 0 Å². The van der Waals surface area contributed by atoms with Gasteiger partial charge in [0.05, 0.1) is 20.8 Å². The lowest BCUT2D eigenvalue weighted by Gasteiger charge is -2.13. The molecular weight excluding hydrogens is 411 g/mol. The highest BCUT2D eigenvalue weighted by Gasteiger charge is 2.07. The van der Waals surface area contributed by atoms with Crippen LogP contribution in [0.3, 0.4) is 0 Å². The molecule has 2 N–H and O–H groups in total. The first-order valence-corrected chi connectivity index (χ1v) is 6.70. The SMILES string of the molecule is CN=C(NCc1nncn1C)Nc1ccc(OC)c(OC)c1.I. The van der Waals surface area contributed by atoms with Crippen LogP contribution in [0, 0.1) is 0 Å². The van der Waals surface area contributed by atoms with Crippen LogP contribution in [0.4, 0.5) is 5.69 Å². The smallest absolute Gasteiger partial charge is 0.195 e. The molecule has 2 aromatic rings. The maximum Gasteiger partial charge on any atom is 0.195 e. The zero-order valence-corrected chi connectivity index (χ0v) is 15.9. The van der Waals surface area contributed by atoms with E-state index >= 15 is 0 Å². The van der Waals surface area contributed by atoms with Crippen LogP contribution in [0.15, 0.2) is 29.5 Å². The van der Waals surface area contributed by atoms with Gasteiger partial charge in [-0.25, -0.2) is 0 Å². The van der Waals surface area contributed by atoms with E-state index in [-0.39, 0.29) is 24.0 Å². The van der Waals surface area contributed by atoms with Crippen LogP contribution in [0.25, 0.3) is 0 Å². The number of nitrogens with one attached hydrogen (secondary N) is 2. The quantitative estimate of drug-likeness (QED) is 0.425. The summed E-state index contributed by atoms with van der Waals surface area (Å²) in [6, 6.07) is 5.56. The summed E-state index contributed by atoms with van der Waals surface area (Å²) in [6.45, 7) is 0.517. The van der Waals surface area contributed by atoms with Gasteiger partial charge in [-0.15, -0.1) is 34.2 Å². The fourth-order valence-electron chi connectivity index (χ4n) is 1.86. The third-order valence-corrected chi connectivity index (χ3v) is 3.09. The third kappa shape index (κ3) is 4.98. The largest absolute Gasteiger partial charge is 0.493 e. The van der Waals surface area contributed by atoms with E-state index in [1.165, 1.54) is 0 Å². The fraction of sp³-hybridized carbons (Fsp3) is 0.357. The van der Waals surface area contributed by atoms with Crippen molar-refractivity contribution in [1.82, 2.24) is 20.1 Å². The second kappa shape index (κ2) is 9.18. The van der Waals surface area contributed by atoms with Crippen LogP contribution in [0.2, 0.25) is 0 Å². The average molecular weight is 432 g/mol. The van der Waals surface area contributed by atoms with E-state index in [1.807, 2.05) is 29.8 Å². The van der Waals surface area contributed by atoms with Gasteiger partial charge in [0.25, 0.3) is 0 Å². The second-order valence-electron chi connectivity index (χ2n) is 4.48. The molecule has 0 aliphatic carbocycles. The Hall–Kier alpha value is -2.04. The monoisotopic (exact) mass is 432 g/mol. The maximum atomic E-state index is 5.28. The molecule has 0 aliphatic rings. The van der Waals surface area contributed by atoms with Crippen molar-refractivity contribution in [3.8, 4) is 11.5 Å². The number of anilines is 1. The molecular formula is C14H21IN6O2. The summed E-state index contributed by atoms with van der Waals surface area (Å²) in [4.78, 5) is 4.18. The number of methoxy groups -OCH3 is 2. The van der Waals surface area contributed by atoms with E-state index in [9.17, 15) is 0 Å². The lowest BCUT2D eigenvalue weighted by molar-refractivity contribution is 0.355. The van der Waals surface area contributed by atoms with Crippen molar-refractivity contribution < 1.29 is 9.47 Å².